The second kappa shape index (κ2) is 7.07. The second-order valence-electron chi connectivity index (χ2n) is 4.46. The lowest BCUT2D eigenvalue weighted by atomic mass is 10.1. The average molecular weight is 356 g/mol. The van der Waals surface area contributed by atoms with E-state index in [-0.39, 0.29) is 6.04 Å². The van der Waals surface area contributed by atoms with E-state index in [1.165, 1.54) is 0 Å². The molecule has 0 fully saturated rings. The van der Waals surface area contributed by atoms with Crippen molar-refractivity contribution in [1.29, 1.82) is 0 Å². The van der Waals surface area contributed by atoms with Crippen LogP contribution < -0.4 is 10.1 Å². The van der Waals surface area contributed by atoms with Crippen LogP contribution in [0.4, 0.5) is 0 Å². The van der Waals surface area contributed by atoms with Gasteiger partial charge in [-0.1, -0.05) is 17.7 Å². The largest absolute Gasteiger partial charge is 0.486 e. The summed E-state index contributed by atoms with van der Waals surface area (Å²) in [6.45, 7) is 2.48. The third-order valence-corrected chi connectivity index (χ3v) is 3.82. The van der Waals surface area contributed by atoms with E-state index in [0.717, 1.165) is 15.7 Å². The number of benzene rings is 1. The molecule has 0 amide bonds. The van der Waals surface area contributed by atoms with Crippen molar-refractivity contribution in [3.8, 4) is 5.75 Å². The first kappa shape index (κ1) is 15.3. The molecule has 0 saturated carbocycles. The first-order valence-corrected chi connectivity index (χ1v) is 7.47. The van der Waals surface area contributed by atoms with Crippen molar-refractivity contribution in [3.05, 3.63) is 57.3 Å². The maximum absolute atomic E-state index is 6.24. The van der Waals surface area contributed by atoms with Crippen LogP contribution in [0.1, 0.15) is 24.2 Å². The van der Waals surface area contributed by atoms with Crippen molar-refractivity contribution in [2.75, 3.05) is 7.05 Å². The van der Waals surface area contributed by atoms with Gasteiger partial charge in [0, 0.05) is 16.7 Å². The van der Waals surface area contributed by atoms with Crippen molar-refractivity contribution >= 4 is 27.5 Å². The van der Waals surface area contributed by atoms with Gasteiger partial charge in [0.15, 0.2) is 0 Å². The molecule has 3 nitrogen and oxygen atoms in total. The van der Waals surface area contributed by atoms with Gasteiger partial charge in [0.25, 0.3) is 0 Å². The highest BCUT2D eigenvalue weighted by atomic mass is 79.9. The van der Waals surface area contributed by atoms with Gasteiger partial charge in [0.1, 0.15) is 12.4 Å². The lowest BCUT2D eigenvalue weighted by Gasteiger charge is -2.13. The highest BCUT2D eigenvalue weighted by molar-refractivity contribution is 9.10. The third kappa shape index (κ3) is 3.95. The number of nitrogens with one attached hydrogen (secondary N) is 1. The van der Waals surface area contributed by atoms with Crippen LogP contribution in [0.25, 0.3) is 0 Å². The van der Waals surface area contributed by atoms with Crippen LogP contribution in [-0.4, -0.2) is 12.0 Å². The molecular weight excluding hydrogens is 340 g/mol. The molecule has 2 aromatic rings. The number of rotatable bonds is 5. The standard InChI is InChI=1S/C15H16BrClN2O/c1-10(18-2)11-3-6-15(14(17)7-11)20-9-13-5-4-12(16)8-19-13/h3-8,10,18H,9H2,1-2H3. The Balaban J connectivity index is 2.04. The molecule has 20 heavy (non-hydrogen) atoms. The quantitative estimate of drug-likeness (QED) is 0.865. The minimum Gasteiger partial charge on any atom is -0.486 e. The highest BCUT2D eigenvalue weighted by Gasteiger charge is 2.07. The molecule has 106 valence electrons. The van der Waals surface area contributed by atoms with Crippen LogP contribution in [0, 0.1) is 0 Å². The smallest absolute Gasteiger partial charge is 0.138 e. The fraction of sp³-hybridized carbons (Fsp3) is 0.267. The molecule has 0 saturated heterocycles. The van der Waals surface area contributed by atoms with Gasteiger partial charge in [0.05, 0.1) is 10.7 Å². The van der Waals surface area contributed by atoms with Crippen molar-refractivity contribution < 1.29 is 4.74 Å². The van der Waals surface area contributed by atoms with Gasteiger partial charge in [-0.05, 0) is 59.7 Å². The van der Waals surface area contributed by atoms with Crippen LogP contribution in [0.2, 0.25) is 5.02 Å². The molecule has 0 aliphatic heterocycles. The SMILES string of the molecule is CNC(C)c1ccc(OCc2ccc(Br)cn2)c(Cl)c1. The minimum absolute atomic E-state index is 0.259. The zero-order valence-corrected chi connectivity index (χ0v) is 13.7. The summed E-state index contributed by atoms with van der Waals surface area (Å²) >= 11 is 9.59. The summed E-state index contributed by atoms with van der Waals surface area (Å²) in [6.07, 6.45) is 1.75. The Bertz CT molecular complexity index is 575. The fourth-order valence-electron chi connectivity index (χ4n) is 1.71. The summed E-state index contributed by atoms with van der Waals surface area (Å²) in [5.41, 5.74) is 1.99. The van der Waals surface area contributed by atoms with E-state index in [1.807, 2.05) is 37.4 Å². The van der Waals surface area contributed by atoms with Crippen LogP contribution in [0.3, 0.4) is 0 Å². The summed E-state index contributed by atoms with van der Waals surface area (Å²) < 4.78 is 6.65. The molecule has 0 aliphatic carbocycles. The lowest BCUT2D eigenvalue weighted by molar-refractivity contribution is 0.301. The molecule has 1 N–H and O–H groups in total. The van der Waals surface area contributed by atoms with Gasteiger partial charge in [0.2, 0.25) is 0 Å². The number of ether oxygens (including phenoxy) is 1. The number of nitrogens with zero attached hydrogens (tertiary/aromatic N) is 1. The number of aromatic nitrogens is 1. The number of hydrogen-bond acceptors (Lipinski definition) is 3. The van der Waals surface area contributed by atoms with E-state index in [4.69, 9.17) is 16.3 Å². The zero-order valence-electron chi connectivity index (χ0n) is 11.4. The molecule has 0 radical (unpaired) electrons. The molecule has 0 bridgehead atoms. The molecule has 1 atom stereocenters. The summed E-state index contributed by atoms with van der Waals surface area (Å²) in [4.78, 5) is 4.26. The van der Waals surface area contributed by atoms with Crippen molar-refractivity contribution in [3.63, 3.8) is 0 Å². The predicted octanol–water partition coefficient (Wildman–Crippen LogP) is 4.36. The second-order valence-corrected chi connectivity index (χ2v) is 5.78. The molecule has 0 spiro atoms. The van der Waals surface area contributed by atoms with Crippen LogP contribution in [0.15, 0.2) is 41.0 Å². The molecule has 2 rings (SSSR count). The Morgan fingerprint density at radius 3 is 2.75 bits per heavy atom. The van der Waals surface area contributed by atoms with E-state index in [0.29, 0.717) is 17.4 Å². The van der Waals surface area contributed by atoms with Crippen LogP contribution in [0.5, 0.6) is 5.75 Å². The van der Waals surface area contributed by atoms with Gasteiger partial charge in [-0.3, -0.25) is 4.98 Å². The maximum Gasteiger partial charge on any atom is 0.138 e. The molecule has 1 aromatic carbocycles. The van der Waals surface area contributed by atoms with Crippen molar-refractivity contribution in [2.24, 2.45) is 0 Å². The van der Waals surface area contributed by atoms with E-state index in [9.17, 15) is 0 Å². The van der Waals surface area contributed by atoms with Crippen molar-refractivity contribution in [1.82, 2.24) is 10.3 Å². The Morgan fingerprint density at radius 1 is 1.35 bits per heavy atom. The van der Waals surface area contributed by atoms with Gasteiger partial charge in [-0.25, -0.2) is 0 Å². The molecule has 0 aliphatic rings. The third-order valence-electron chi connectivity index (χ3n) is 3.05. The number of pyridine rings is 1. The summed E-state index contributed by atoms with van der Waals surface area (Å²) in [7, 11) is 1.92. The number of halogens is 2. The molecular formula is C15H16BrClN2O. The van der Waals surface area contributed by atoms with E-state index < -0.39 is 0 Å². The summed E-state index contributed by atoms with van der Waals surface area (Å²) in [6, 6.07) is 9.93. The summed E-state index contributed by atoms with van der Waals surface area (Å²) in [5.74, 6) is 0.670. The molecule has 1 unspecified atom stereocenters. The average Bonchev–Trinajstić information content (AvgIpc) is 2.46. The van der Waals surface area contributed by atoms with E-state index in [1.54, 1.807) is 6.20 Å². The lowest BCUT2D eigenvalue weighted by Crippen LogP contribution is -2.12. The first-order chi connectivity index (χ1) is 9.60. The molecule has 1 aromatic heterocycles. The normalized spacial score (nSPS) is 12.2. The minimum atomic E-state index is 0.259. The van der Waals surface area contributed by atoms with E-state index in [2.05, 4.69) is 33.2 Å². The van der Waals surface area contributed by atoms with Gasteiger partial charge < -0.3 is 10.1 Å². The Morgan fingerprint density at radius 2 is 2.15 bits per heavy atom. The van der Waals surface area contributed by atoms with Crippen molar-refractivity contribution in [2.45, 2.75) is 19.6 Å². The Labute approximate surface area is 132 Å². The van der Waals surface area contributed by atoms with Gasteiger partial charge >= 0.3 is 0 Å². The monoisotopic (exact) mass is 354 g/mol. The Hall–Kier alpha value is -1.10. The zero-order chi connectivity index (χ0) is 14.5. The highest BCUT2D eigenvalue weighted by Crippen LogP contribution is 2.28. The van der Waals surface area contributed by atoms with Crippen LogP contribution in [-0.2, 0) is 6.61 Å². The van der Waals surface area contributed by atoms with Crippen LogP contribution >= 0.6 is 27.5 Å². The Kier molecular flexibility index (Phi) is 5.40. The predicted molar refractivity (Wildman–Crippen MR) is 85.2 cm³/mol. The molecule has 1 heterocycles. The topological polar surface area (TPSA) is 34.1 Å². The molecule has 5 heteroatoms. The van der Waals surface area contributed by atoms with Gasteiger partial charge in [-0.15, -0.1) is 0 Å². The maximum atomic E-state index is 6.24. The van der Waals surface area contributed by atoms with Gasteiger partial charge in [-0.2, -0.15) is 0 Å². The summed E-state index contributed by atoms with van der Waals surface area (Å²) in [5, 5.41) is 3.79. The fourth-order valence-corrected chi connectivity index (χ4v) is 2.19. The van der Waals surface area contributed by atoms with E-state index >= 15 is 0 Å². The number of hydrogen-bond donors (Lipinski definition) is 1. The first-order valence-electron chi connectivity index (χ1n) is 6.30.